The van der Waals surface area contributed by atoms with Gasteiger partial charge in [0.05, 0.1) is 6.04 Å². The Labute approximate surface area is 114 Å². The maximum absolute atomic E-state index is 12.0. The highest BCUT2D eigenvalue weighted by atomic mass is 35.5. The molecule has 5 heteroatoms. The molecule has 0 aliphatic carbocycles. The molecule has 100 valence electrons. The van der Waals surface area contributed by atoms with Gasteiger partial charge in [-0.2, -0.15) is 0 Å². The van der Waals surface area contributed by atoms with Crippen LogP contribution in [-0.4, -0.2) is 23.5 Å². The lowest BCUT2D eigenvalue weighted by atomic mass is 9.94. The number of anilines is 1. The van der Waals surface area contributed by atoms with E-state index in [9.17, 15) is 4.79 Å². The molecule has 0 saturated carbocycles. The number of aryl methyl sites for hydroxylation is 1. The summed E-state index contributed by atoms with van der Waals surface area (Å²) < 4.78 is 0. The Kier molecular flexibility index (Phi) is 5.56. The van der Waals surface area contributed by atoms with Gasteiger partial charge in [-0.25, -0.2) is 4.98 Å². The molecule has 18 heavy (non-hydrogen) atoms. The monoisotopic (exact) mass is 269 g/mol. The number of hydrogen-bond donors (Lipinski definition) is 2. The van der Waals surface area contributed by atoms with Crippen LogP contribution < -0.4 is 10.6 Å². The van der Waals surface area contributed by atoms with E-state index in [1.54, 1.807) is 0 Å². The number of nitrogens with one attached hydrogen (secondary N) is 2. The van der Waals surface area contributed by atoms with Crippen LogP contribution in [0.4, 0.5) is 5.82 Å². The highest BCUT2D eigenvalue weighted by Crippen LogP contribution is 2.16. The van der Waals surface area contributed by atoms with Gasteiger partial charge in [-0.3, -0.25) is 4.79 Å². The van der Waals surface area contributed by atoms with Gasteiger partial charge in [-0.05, 0) is 44.4 Å². The standard InChI is InChI=1S/C13H19N3O.ClH/c1-9-6-7-14-11(8-9)13(17)16-12-5-3-4-10(2)15-12;/h3-5,9,11,14H,6-8H2,1-2H3,(H,15,16,17);1H. The van der Waals surface area contributed by atoms with Gasteiger partial charge in [0.15, 0.2) is 0 Å². The number of hydrogen-bond acceptors (Lipinski definition) is 3. The average Bonchev–Trinajstić information content (AvgIpc) is 2.29. The summed E-state index contributed by atoms with van der Waals surface area (Å²) in [5.74, 6) is 1.27. The number of carbonyl (C=O) groups is 1. The van der Waals surface area contributed by atoms with E-state index < -0.39 is 0 Å². The lowest BCUT2D eigenvalue weighted by Gasteiger charge is -2.27. The molecule has 1 saturated heterocycles. The van der Waals surface area contributed by atoms with Crippen molar-refractivity contribution < 1.29 is 4.79 Å². The second-order valence-electron chi connectivity index (χ2n) is 4.79. The van der Waals surface area contributed by atoms with Crippen molar-refractivity contribution in [1.29, 1.82) is 0 Å². The Balaban J connectivity index is 0.00000162. The fourth-order valence-corrected chi connectivity index (χ4v) is 2.13. The molecule has 1 aliphatic rings. The van der Waals surface area contributed by atoms with E-state index in [1.807, 2.05) is 25.1 Å². The summed E-state index contributed by atoms with van der Waals surface area (Å²) in [5.41, 5.74) is 0.910. The van der Waals surface area contributed by atoms with E-state index >= 15 is 0 Å². The molecule has 1 amide bonds. The van der Waals surface area contributed by atoms with E-state index in [0.29, 0.717) is 11.7 Å². The highest BCUT2D eigenvalue weighted by molar-refractivity contribution is 5.94. The molecule has 2 unspecified atom stereocenters. The number of nitrogens with zero attached hydrogens (tertiary/aromatic N) is 1. The van der Waals surface area contributed by atoms with Gasteiger partial charge in [0.1, 0.15) is 5.82 Å². The van der Waals surface area contributed by atoms with E-state index in [1.165, 1.54) is 0 Å². The lowest BCUT2D eigenvalue weighted by Crippen LogP contribution is -2.45. The number of amides is 1. The van der Waals surface area contributed by atoms with Crippen molar-refractivity contribution in [2.75, 3.05) is 11.9 Å². The van der Waals surface area contributed by atoms with E-state index in [-0.39, 0.29) is 24.4 Å². The predicted octanol–water partition coefficient (Wildman–Crippen LogP) is 2.14. The summed E-state index contributed by atoms with van der Waals surface area (Å²) in [5, 5.41) is 6.10. The van der Waals surface area contributed by atoms with E-state index in [0.717, 1.165) is 25.1 Å². The molecule has 1 aliphatic heterocycles. The predicted molar refractivity (Wildman–Crippen MR) is 75.0 cm³/mol. The summed E-state index contributed by atoms with van der Waals surface area (Å²) in [6, 6.07) is 5.55. The fraction of sp³-hybridized carbons (Fsp3) is 0.538. The maximum atomic E-state index is 12.0. The Hall–Kier alpha value is -1.13. The zero-order chi connectivity index (χ0) is 12.3. The highest BCUT2D eigenvalue weighted by Gasteiger charge is 2.24. The smallest absolute Gasteiger partial charge is 0.242 e. The topological polar surface area (TPSA) is 54.0 Å². The molecular weight excluding hydrogens is 250 g/mol. The van der Waals surface area contributed by atoms with Crippen LogP contribution in [0.3, 0.4) is 0 Å². The van der Waals surface area contributed by atoms with Crippen LogP contribution in [-0.2, 0) is 4.79 Å². The zero-order valence-electron chi connectivity index (χ0n) is 10.8. The first-order chi connectivity index (χ1) is 8.15. The summed E-state index contributed by atoms with van der Waals surface area (Å²) in [6.07, 6.45) is 2.05. The summed E-state index contributed by atoms with van der Waals surface area (Å²) in [7, 11) is 0. The first-order valence-corrected chi connectivity index (χ1v) is 6.13. The number of pyridine rings is 1. The molecule has 0 spiro atoms. The van der Waals surface area contributed by atoms with Gasteiger partial charge in [0.2, 0.25) is 5.91 Å². The number of rotatable bonds is 2. The largest absolute Gasteiger partial charge is 0.309 e. The molecule has 0 radical (unpaired) electrons. The van der Waals surface area contributed by atoms with Crippen molar-refractivity contribution in [3.63, 3.8) is 0 Å². The number of piperidine rings is 1. The van der Waals surface area contributed by atoms with E-state index in [4.69, 9.17) is 0 Å². The van der Waals surface area contributed by atoms with Crippen LogP contribution in [0.1, 0.15) is 25.5 Å². The molecule has 1 aromatic heterocycles. The molecule has 1 fully saturated rings. The Morgan fingerprint density at radius 2 is 2.28 bits per heavy atom. The third-order valence-corrected chi connectivity index (χ3v) is 3.12. The van der Waals surface area contributed by atoms with Crippen molar-refractivity contribution in [3.8, 4) is 0 Å². The molecule has 1 aromatic rings. The quantitative estimate of drug-likeness (QED) is 0.865. The van der Waals surface area contributed by atoms with Crippen LogP contribution in [0.2, 0.25) is 0 Å². The Morgan fingerprint density at radius 3 is 2.94 bits per heavy atom. The fourth-order valence-electron chi connectivity index (χ4n) is 2.13. The number of halogens is 1. The molecule has 4 nitrogen and oxygen atoms in total. The van der Waals surface area contributed by atoms with Gasteiger partial charge in [0, 0.05) is 5.69 Å². The Morgan fingerprint density at radius 1 is 1.50 bits per heavy atom. The minimum Gasteiger partial charge on any atom is -0.309 e. The minimum absolute atomic E-state index is 0. The third-order valence-electron chi connectivity index (χ3n) is 3.12. The van der Waals surface area contributed by atoms with Crippen molar-refractivity contribution in [1.82, 2.24) is 10.3 Å². The van der Waals surface area contributed by atoms with Gasteiger partial charge < -0.3 is 10.6 Å². The molecule has 0 bridgehead atoms. The van der Waals surface area contributed by atoms with Crippen LogP contribution in [0.25, 0.3) is 0 Å². The third kappa shape index (κ3) is 3.96. The molecule has 2 atom stereocenters. The summed E-state index contributed by atoms with van der Waals surface area (Å²) >= 11 is 0. The van der Waals surface area contributed by atoms with Crippen LogP contribution in [0, 0.1) is 12.8 Å². The van der Waals surface area contributed by atoms with Gasteiger partial charge in [0.25, 0.3) is 0 Å². The van der Waals surface area contributed by atoms with Crippen LogP contribution in [0.15, 0.2) is 18.2 Å². The van der Waals surface area contributed by atoms with Crippen LogP contribution >= 0.6 is 12.4 Å². The number of aromatic nitrogens is 1. The second-order valence-corrected chi connectivity index (χ2v) is 4.79. The van der Waals surface area contributed by atoms with Crippen molar-refractivity contribution in [3.05, 3.63) is 23.9 Å². The molecule has 2 rings (SSSR count). The van der Waals surface area contributed by atoms with Gasteiger partial charge >= 0.3 is 0 Å². The Bertz CT molecular complexity index is 411. The number of carbonyl (C=O) groups excluding carboxylic acids is 1. The first-order valence-electron chi connectivity index (χ1n) is 6.13. The summed E-state index contributed by atoms with van der Waals surface area (Å²) in [6.45, 7) is 5.02. The zero-order valence-corrected chi connectivity index (χ0v) is 11.6. The molecular formula is C13H20ClN3O. The van der Waals surface area contributed by atoms with Crippen LogP contribution in [0.5, 0.6) is 0 Å². The summed E-state index contributed by atoms with van der Waals surface area (Å²) in [4.78, 5) is 16.3. The maximum Gasteiger partial charge on any atom is 0.242 e. The van der Waals surface area contributed by atoms with Crippen molar-refractivity contribution in [2.45, 2.75) is 32.7 Å². The average molecular weight is 270 g/mol. The van der Waals surface area contributed by atoms with Crippen molar-refractivity contribution in [2.24, 2.45) is 5.92 Å². The van der Waals surface area contributed by atoms with Gasteiger partial charge in [-0.15, -0.1) is 12.4 Å². The molecule has 2 heterocycles. The van der Waals surface area contributed by atoms with Crippen molar-refractivity contribution >= 4 is 24.1 Å². The SMILES string of the molecule is Cc1cccc(NC(=O)C2CC(C)CCN2)n1.Cl. The van der Waals surface area contributed by atoms with E-state index in [2.05, 4.69) is 22.5 Å². The molecule has 2 N–H and O–H groups in total. The first kappa shape index (κ1) is 14.9. The lowest BCUT2D eigenvalue weighted by molar-refractivity contribution is -0.119. The normalized spacial score (nSPS) is 23.0. The second kappa shape index (κ2) is 6.71. The minimum atomic E-state index is -0.0823. The van der Waals surface area contributed by atoms with Gasteiger partial charge in [-0.1, -0.05) is 13.0 Å². The molecule has 0 aromatic carbocycles.